The van der Waals surface area contributed by atoms with Crippen molar-refractivity contribution in [3.8, 4) is 0 Å². The number of rotatable bonds is 4. The molecule has 0 spiro atoms. The monoisotopic (exact) mass is 238 g/mol. The van der Waals surface area contributed by atoms with Gasteiger partial charge in [0, 0.05) is 5.92 Å². The number of nitrogens with two attached hydrogens (primary N) is 1. The molecule has 1 atom stereocenters. The number of hydrogen-bond acceptors (Lipinski definition) is 4. The van der Waals surface area contributed by atoms with Crippen molar-refractivity contribution < 1.29 is 4.39 Å². The van der Waals surface area contributed by atoms with E-state index < -0.39 is 5.97 Å². The Balaban J connectivity index is 3.09. The van der Waals surface area contributed by atoms with Crippen LogP contribution in [0, 0.1) is 18.8 Å². The average Bonchev–Trinajstić information content (AvgIpc) is 2.24. The van der Waals surface area contributed by atoms with Crippen molar-refractivity contribution in [3.05, 3.63) is 12.0 Å². The first kappa shape index (κ1) is 13.5. The number of halogens is 1. The van der Waals surface area contributed by atoms with Crippen LogP contribution in [0.25, 0.3) is 0 Å². The van der Waals surface area contributed by atoms with E-state index in [0.29, 0.717) is 17.8 Å². The minimum absolute atomic E-state index is 0.186. The zero-order chi connectivity index (χ0) is 13.0. The molecule has 94 valence electrons. The van der Waals surface area contributed by atoms with Crippen LogP contribution < -0.4 is 5.73 Å². The molecular formula is C12H19FN4. The lowest BCUT2D eigenvalue weighted by atomic mass is 9.94. The van der Waals surface area contributed by atoms with Crippen molar-refractivity contribution in [2.75, 3.05) is 5.73 Å². The fraction of sp³-hybridized carbons (Fsp3) is 0.583. The predicted octanol–water partition coefficient (Wildman–Crippen LogP) is 3.05. The highest BCUT2D eigenvalue weighted by Gasteiger charge is 2.19. The van der Waals surface area contributed by atoms with Crippen molar-refractivity contribution in [1.82, 2.24) is 9.97 Å². The second-order valence-corrected chi connectivity index (χ2v) is 4.39. The van der Waals surface area contributed by atoms with Gasteiger partial charge in [0.05, 0.1) is 5.69 Å². The highest BCUT2D eigenvalue weighted by atomic mass is 19.1. The minimum Gasteiger partial charge on any atom is -0.382 e. The van der Waals surface area contributed by atoms with Gasteiger partial charge in [0.25, 0.3) is 0 Å². The largest absolute Gasteiger partial charge is 0.382 e. The summed E-state index contributed by atoms with van der Waals surface area (Å²) in [6, 6.07) is 0. The molecule has 2 N–H and O–H groups in total. The maximum atomic E-state index is 14.0. The number of nitrogen functional groups attached to an aromatic ring is 1. The third-order valence-corrected chi connectivity index (χ3v) is 2.80. The van der Waals surface area contributed by atoms with Crippen molar-refractivity contribution in [2.45, 2.75) is 34.1 Å². The van der Waals surface area contributed by atoms with Crippen LogP contribution in [0.2, 0.25) is 0 Å². The first-order chi connectivity index (χ1) is 7.97. The summed E-state index contributed by atoms with van der Waals surface area (Å²) in [6.45, 7) is 7.62. The molecule has 1 heterocycles. The van der Waals surface area contributed by atoms with Crippen LogP contribution in [0.4, 0.5) is 15.9 Å². The van der Waals surface area contributed by atoms with E-state index in [4.69, 9.17) is 5.73 Å². The molecule has 0 bridgehead atoms. The number of nitrogens with zero attached hydrogens (tertiary/aromatic N) is 3. The van der Waals surface area contributed by atoms with E-state index in [1.165, 1.54) is 6.33 Å². The minimum atomic E-state index is -0.396. The molecule has 0 aliphatic rings. The molecule has 4 nitrogen and oxygen atoms in total. The predicted molar refractivity (Wildman–Crippen MR) is 68.0 cm³/mol. The van der Waals surface area contributed by atoms with Crippen LogP contribution in [0.3, 0.4) is 0 Å². The summed E-state index contributed by atoms with van der Waals surface area (Å²) in [4.78, 5) is 11.7. The van der Waals surface area contributed by atoms with Gasteiger partial charge in [-0.15, -0.1) is 0 Å². The summed E-state index contributed by atoms with van der Waals surface area (Å²) < 4.78 is 14.0. The lowest BCUT2D eigenvalue weighted by molar-refractivity contribution is 0.448. The molecule has 0 saturated carbocycles. The SMILES string of the molecule is CCC(C(F)=Nc1c(C)ncnc1N)C(C)C. The van der Waals surface area contributed by atoms with Gasteiger partial charge in [-0.25, -0.2) is 15.0 Å². The quantitative estimate of drug-likeness (QED) is 0.820. The number of aliphatic imine (C=N–C) groups is 1. The molecule has 0 aliphatic carbocycles. The van der Waals surface area contributed by atoms with Crippen molar-refractivity contribution in [1.29, 1.82) is 0 Å². The summed E-state index contributed by atoms with van der Waals surface area (Å²) in [7, 11) is 0. The smallest absolute Gasteiger partial charge is 0.193 e. The Morgan fingerprint density at radius 2 is 2.12 bits per heavy atom. The van der Waals surface area contributed by atoms with Crippen LogP contribution in [-0.4, -0.2) is 15.9 Å². The Morgan fingerprint density at radius 3 is 2.59 bits per heavy atom. The standard InChI is InChI=1S/C12H19FN4/c1-5-9(7(2)3)11(13)17-10-8(4)15-6-16-12(10)14/h6-7,9H,5H2,1-4H3,(H2,14,15,16). The van der Waals surface area contributed by atoms with Gasteiger partial charge in [0.15, 0.2) is 11.8 Å². The Morgan fingerprint density at radius 1 is 1.47 bits per heavy atom. The van der Waals surface area contributed by atoms with Crippen molar-refractivity contribution in [3.63, 3.8) is 0 Å². The zero-order valence-corrected chi connectivity index (χ0v) is 10.7. The Labute approximate surface area is 101 Å². The molecule has 1 unspecified atom stereocenters. The molecule has 0 radical (unpaired) electrons. The van der Waals surface area contributed by atoms with Gasteiger partial charge in [-0.3, -0.25) is 0 Å². The molecule has 17 heavy (non-hydrogen) atoms. The zero-order valence-electron chi connectivity index (χ0n) is 10.7. The van der Waals surface area contributed by atoms with Crippen LogP contribution in [0.1, 0.15) is 32.9 Å². The van der Waals surface area contributed by atoms with Gasteiger partial charge in [-0.2, -0.15) is 4.39 Å². The number of hydrogen-bond donors (Lipinski definition) is 1. The van der Waals surface area contributed by atoms with E-state index in [2.05, 4.69) is 15.0 Å². The summed E-state index contributed by atoms with van der Waals surface area (Å²) in [5, 5.41) is 0. The summed E-state index contributed by atoms with van der Waals surface area (Å²) in [5.41, 5.74) is 6.59. The first-order valence-corrected chi connectivity index (χ1v) is 5.78. The molecule has 0 amide bonds. The van der Waals surface area contributed by atoms with Crippen molar-refractivity contribution >= 4 is 17.5 Å². The molecule has 0 saturated heterocycles. The van der Waals surface area contributed by atoms with Gasteiger partial charge >= 0.3 is 0 Å². The average molecular weight is 238 g/mol. The lowest BCUT2D eigenvalue weighted by Crippen LogP contribution is -2.15. The number of anilines is 1. The summed E-state index contributed by atoms with van der Waals surface area (Å²) in [6.07, 6.45) is 2.06. The highest BCUT2D eigenvalue weighted by molar-refractivity contribution is 5.82. The maximum absolute atomic E-state index is 14.0. The fourth-order valence-electron chi connectivity index (χ4n) is 1.73. The molecule has 0 fully saturated rings. The topological polar surface area (TPSA) is 64.2 Å². The molecule has 0 aromatic carbocycles. The van der Waals surface area contributed by atoms with Gasteiger partial charge in [0.2, 0.25) is 0 Å². The van der Waals surface area contributed by atoms with Gasteiger partial charge in [0.1, 0.15) is 12.0 Å². The van der Waals surface area contributed by atoms with E-state index in [1.54, 1.807) is 6.92 Å². The molecular weight excluding hydrogens is 219 g/mol. The van der Waals surface area contributed by atoms with Crippen molar-refractivity contribution in [2.24, 2.45) is 16.8 Å². The fourth-order valence-corrected chi connectivity index (χ4v) is 1.73. The van der Waals surface area contributed by atoms with Crippen LogP contribution >= 0.6 is 0 Å². The summed E-state index contributed by atoms with van der Waals surface area (Å²) in [5.74, 6) is -0.165. The van der Waals surface area contributed by atoms with E-state index in [9.17, 15) is 4.39 Å². The third kappa shape index (κ3) is 3.22. The molecule has 0 aliphatic heterocycles. The van der Waals surface area contributed by atoms with E-state index in [0.717, 1.165) is 0 Å². The second-order valence-electron chi connectivity index (χ2n) is 4.39. The molecule has 1 aromatic rings. The Kier molecular flexibility index (Phi) is 4.54. The molecule has 1 rings (SSSR count). The van der Waals surface area contributed by atoms with E-state index in [-0.39, 0.29) is 17.7 Å². The third-order valence-electron chi connectivity index (χ3n) is 2.80. The van der Waals surface area contributed by atoms with E-state index in [1.807, 2.05) is 20.8 Å². The number of aromatic nitrogens is 2. The van der Waals surface area contributed by atoms with Crippen LogP contribution in [-0.2, 0) is 0 Å². The number of aryl methyl sites for hydroxylation is 1. The van der Waals surface area contributed by atoms with Gasteiger partial charge < -0.3 is 5.73 Å². The first-order valence-electron chi connectivity index (χ1n) is 5.78. The normalized spacial score (nSPS) is 14.1. The van der Waals surface area contributed by atoms with Crippen LogP contribution in [0.5, 0.6) is 0 Å². The molecule has 5 heteroatoms. The van der Waals surface area contributed by atoms with Gasteiger partial charge in [-0.1, -0.05) is 20.8 Å². The van der Waals surface area contributed by atoms with E-state index >= 15 is 0 Å². The van der Waals surface area contributed by atoms with Crippen LogP contribution in [0.15, 0.2) is 11.3 Å². The molecule has 1 aromatic heterocycles. The highest BCUT2D eigenvalue weighted by Crippen LogP contribution is 2.26. The Hall–Kier alpha value is -1.52. The lowest BCUT2D eigenvalue weighted by Gasteiger charge is -2.16. The Bertz CT molecular complexity index is 395. The maximum Gasteiger partial charge on any atom is 0.193 e. The van der Waals surface area contributed by atoms with Gasteiger partial charge in [-0.05, 0) is 19.3 Å². The summed E-state index contributed by atoms with van der Waals surface area (Å²) >= 11 is 0. The second kappa shape index (κ2) is 5.70.